The lowest BCUT2D eigenvalue weighted by Crippen LogP contribution is -2.42. The minimum absolute atomic E-state index is 0.0397. The van der Waals surface area contributed by atoms with Gasteiger partial charge in [-0.3, -0.25) is 14.7 Å². The summed E-state index contributed by atoms with van der Waals surface area (Å²) in [5.74, 6) is -0.793. The molecule has 1 N–H and O–H groups in total. The van der Waals surface area contributed by atoms with Gasteiger partial charge in [0.25, 0.3) is 5.91 Å². The Bertz CT molecular complexity index is 667. The van der Waals surface area contributed by atoms with Crippen LogP contribution in [-0.2, 0) is 0 Å². The summed E-state index contributed by atoms with van der Waals surface area (Å²) in [6, 6.07) is 7.17. The van der Waals surface area contributed by atoms with Crippen LogP contribution in [0.3, 0.4) is 0 Å². The number of likely N-dealkylation sites (tertiary alicyclic amines) is 1. The zero-order valence-electron chi connectivity index (χ0n) is 12.0. The summed E-state index contributed by atoms with van der Waals surface area (Å²) < 4.78 is 12.9. The van der Waals surface area contributed by atoms with Gasteiger partial charge in [0.1, 0.15) is 11.5 Å². The molecular formula is C16H16FN3O2. The minimum atomic E-state index is -0.365. The Balaban J connectivity index is 1.71. The lowest BCUT2D eigenvalue weighted by Gasteiger charge is -2.31. The number of nitrogens with zero attached hydrogens (tertiary/aromatic N) is 2. The molecule has 1 atom stereocenters. The second-order valence-corrected chi connectivity index (χ2v) is 5.43. The van der Waals surface area contributed by atoms with Gasteiger partial charge >= 0.3 is 0 Å². The third-order valence-electron chi connectivity index (χ3n) is 3.94. The van der Waals surface area contributed by atoms with Crippen LogP contribution >= 0.6 is 0 Å². The maximum atomic E-state index is 12.9. The minimum Gasteiger partial charge on any atom is -0.337 e. The fraction of sp³-hybridized carbons (Fsp3) is 0.312. The third kappa shape index (κ3) is 2.90. The Morgan fingerprint density at radius 1 is 1.23 bits per heavy atom. The van der Waals surface area contributed by atoms with Crippen molar-refractivity contribution >= 4 is 11.7 Å². The molecule has 1 saturated heterocycles. The van der Waals surface area contributed by atoms with Crippen LogP contribution in [0.2, 0.25) is 0 Å². The fourth-order valence-electron chi connectivity index (χ4n) is 2.77. The van der Waals surface area contributed by atoms with Crippen molar-refractivity contribution in [1.82, 2.24) is 15.1 Å². The zero-order valence-corrected chi connectivity index (χ0v) is 12.0. The number of ketones is 1. The predicted octanol–water partition coefficient (Wildman–Crippen LogP) is 2.28. The van der Waals surface area contributed by atoms with E-state index in [9.17, 15) is 14.0 Å². The summed E-state index contributed by atoms with van der Waals surface area (Å²) in [5, 5.41) is 6.42. The van der Waals surface area contributed by atoms with Crippen molar-refractivity contribution in [3.63, 3.8) is 0 Å². The van der Waals surface area contributed by atoms with Crippen LogP contribution in [0.4, 0.5) is 4.39 Å². The average Bonchev–Trinajstić information content (AvgIpc) is 3.09. The molecule has 0 bridgehead atoms. The maximum absolute atomic E-state index is 12.9. The van der Waals surface area contributed by atoms with Gasteiger partial charge in [0, 0.05) is 30.8 Å². The maximum Gasteiger partial charge on any atom is 0.271 e. The number of Topliss-reactive ketones (excluding diaryl/α,β-unsaturated/α-hetero) is 1. The summed E-state index contributed by atoms with van der Waals surface area (Å²) >= 11 is 0. The zero-order chi connectivity index (χ0) is 15.5. The highest BCUT2D eigenvalue weighted by Gasteiger charge is 2.29. The normalized spacial score (nSPS) is 18.2. The number of carbonyl (C=O) groups excluding carboxylic acids is 2. The molecule has 0 aliphatic carbocycles. The first-order valence-corrected chi connectivity index (χ1v) is 7.23. The van der Waals surface area contributed by atoms with E-state index in [0.717, 1.165) is 12.8 Å². The number of H-pyrrole nitrogens is 1. The average molecular weight is 301 g/mol. The quantitative estimate of drug-likeness (QED) is 0.885. The van der Waals surface area contributed by atoms with E-state index in [1.54, 1.807) is 11.0 Å². The monoisotopic (exact) mass is 301 g/mol. The van der Waals surface area contributed by atoms with E-state index in [1.807, 2.05) is 0 Å². The number of amides is 1. The van der Waals surface area contributed by atoms with E-state index in [4.69, 9.17) is 0 Å². The highest BCUT2D eigenvalue weighted by Crippen LogP contribution is 2.22. The Morgan fingerprint density at radius 3 is 2.68 bits per heavy atom. The van der Waals surface area contributed by atoms with Crippen LogP contribution in [0.15, 0.2) is 36.5 Å². The summed E-state index contributed by atoms with van der Waals surface area (Å²) in [5.41, 5.74) is 0.914. The van der Waals surface area contributed by atoms with Crippen LogP contribution < -0.4 is 0 Å². The Kier molecular flexibility index (Phi) is 4.00. The van der Waals surface area contributed by atoms with E-state index in [-0.39, 0.29) is 23.4 Å². The van der Waals surface area contributed by atoms with Crippen molar-refractivity contribution in [3.8, 4) is 0 Å². The van der Waals surface area contributed by atoms with Crippen LogP contribution in [0.5, 0.6) is 0 Å². The highest BCUT2D eigenvalue weighted by atomic mass is 19.1. The molecule has 1 fully saturated rings. The van der Waals surface area contributed by atoms with Crippen LogP contribution in [0, 0.1) is 11.7 Å². The SMILES string of the molecule is O=C(c1ccc(F)cc1)[C@H]1CCCN(C(=O)c2ccn[nH]2)C1. The second kappa shape index (κ2) is 6.09. The molecular weight excluding hydrogens is 285 g/mol. The van der Waals surface area contributed by atoms with Crippen molar-refractivity contribution < 1.29 is 14.0 Å². The van der Waals surface area contributed by atoms with Crippen LogP contribution in [0.25, 0.3) is 0 Å². The first-order chi connectivity index (χ1) is 10.6. The molecule has 5 nitrogen and oxygen atoms in total. The Hall–Kier alpha value is -2.50. The molecule has 114 valence electrons. The molecule has 22 heavy (non-hydrogen) atoms. The third-order valence-corrected chi connectivity index (χ3v) is 3.94. The highest BCUT2D eigenvalue weighted by molar-refractivity contribution is 5.99. The number of benzene rings is 1. The molecule has 1 aromatic carbocycles. The van der Waals surface area contributed by atoms with Gasteiger partial charge in [-0.25, -0.2) is 4.39 Å². The lowest BCUT2D eigenvalue weighted by molar-refractivity contribution is 0.0632. The van der Waals surface area contributed by atoms with Gasteiger partial charge in [-0.15, -0.1) is 0 Å². The summed E-state index contributed by atoms with van der Waals surface area (Å²) in [7, 11) is 0. The fourth-order valence-corrected chi connectivity index (χ4v) is 2.77. The number of carbonyl (C=O) groups is 2. The van der Waals surface area contributed by atoms with Crippen LogP contribution in [0.1, 0.15) is 33.7 Å². The smallest absolute Gasteiger partial charge is 0.271 e. The van der Waals surface area contributed by atoms with Gasteiger partial charge in [-0.05, 0) is 43.2 Å². The van der Waals surface area contributed by atoms with E-state index in [0.29, 0.717) is 24.3 Å². The number of piperidine rings is 1. The van der Waals surface area contributed by atoms with Crippen molar-refractivity contribution in [1.29, 1.82) is 0 Å². The topological polar surface area (TPSA) is 66.1 Å². The molecule has 0 unspecified atom stereocenters. The van der Waals surface area contributed by atoms with E-state index in [2.05, 4.69) is 10.2 Å². The van der Waals surface area contributed by atoms with Gasteiger partial charge in [-0.2, -0.15) is 5.10 Å². The number of halogens is 1. The van der Waals surface area contributed by atoms with Crippen molar-refractivity contribution in [2.45, 2.75) is 12.8 Å². The first-order valence-electron chi connectivity index (χ1n) is 7.23. The van der Waals surface area contributed by atoms with Crippen molar-refractivity contribution in [2.24, 2.45) is 5.92 Å². The lowest BCUT2D eigenvalue weighted by atomic mass is 9.90. The second-order valence-electron chi connectivity index (χ2n) is 5.43. The molecule has 2 aromatic rings. The molecule has 3 rings (SSSR count). The molecule has 1 aliphatic heterocycles. The van der Waals surface area contributed by atoms with Gasteiger partial charge in [-0.1, -0.05) is 0 Å². The van der Waals surface area contributed by atoms with E-state index in [1.165, 1.54) is 30.5 Å². The Morgan fingerprint density at radius 2 is 2.00 bits per heavy atom. The molecule has 0 radical (unpaired) electrons. The molecule has 1 aliphatic rings. The van der Waals surface area contributed by atoms with Gasteiger partial charge < -0.3 is 4.90 Å². The number of hydrogen-bond acceptors (Lipinski definition) is 3. The summed E-state index contributed by atoms with van der Waals surface area (Å²) in [6.45, 7) is 1.01. The number of aromatic nitrogens is 2. The molecule has 0 spiro atoms. The Labute approximate surface area is 127 Å². The standard InChI is InChI=1S/C16H16FN3O2/c17-13-5-3-11(4-6-13)15(21)12-2-1-9-20(10-12)16(22)14-7-8-18-19-14/h3-8,12H,1-2,9-10H2,(H,18,19)/t12-/m0/s1. The molecule has 0 saturated carbocycles. The number of aromatic amines is 1. The van der Waals surface area contributed by atoms with Crippen LogP contribution in [-0.4, -0.2) is 39.9 Å². The number of rotatable bonds is 3. The van der Waals surface area contributed by atoms with Gasteiger partial charge in [0.15, 0.2) is 5.78 Å². The first kappa shape index (κ1) is 14.4. The molecule has 2 heterocycles. The van der Waals surface area contributed by atoms with Crippen molar-refractivity contribution in [2.75, 3.05) is 13.1 Å². The number of nitrogens with one attached hydrogen (secondary N) is 1. The number of hydrogen-bond donors (Lipinski definition) is 1. The predicted molar refractivity (Wildman–Crippen MR) is 77.9 cm³/mol. The van der Waals surface area contributed by atoms with Gasteiger partial charge in [0.2, 0.25) is 0 Å². The summed E-state index contributed by atoms with van der Waals surface area (Å²) in [4.78, 5) is 26.5. The van der Waals surface area contributed by atoms with E-state index >= 15 is 0 Å². The largest absolute Gasteiger partial charge is 0.337 e. The van der Waals surface area contributed by atoms with Gasteiger partial charge in [0.05, 0.1) is 0 Å². The van der Waals surface area contributed by atoms with Crippen molar-refractivity contribution in [3.05, 3.63) is 53.6 Å². The van der Waals surface area contributed by atoms with E-state index < -0.39 is 0 Å². The molecule has 1 aromatic heterocycles. The molecule has 6 heteroatoms. The summed E-state index contributed by atoms with van der Waals surface area (Å²) in [6.07, 6.45) is 3.04. The molecule has 1 amide bonds.